The van der Waals surface area contributed by atoms with Gasteiger partial charge >= 0.3 is 0 Å². The quantitative estimate of drug-likeness (QED) is 0.833. The molecule has 0 saturated heterocycles. The Labute approximate surface area is 108 Å². The first-order valence-corrected chi connectivity index (χ1v) is 6.21. The predicted octanol–water partition coefficient (Wildman–Crippen LogP) is 1.72. The Kier molecular flexibility index (Phi) is 5.36. The van der Waals surface area contributed by atoms with Gasteiger partial charge in [0.1, 0.15) is 6.04 Å². The summed E-state index contributed by atoms with van der Waals surface area (Å²) in [5.41, 5.74) is 0.556. The smallest absolute Gasteiger partial charge is 0.251 e. The van der Waals surface area contributed by atoms with E-state index in [0.717, 1.165) is 6.42 Å². The van der Waals surface area contributed by atoms with Gasteiger partial charge in [0.25, 0.3) is 5.91 Å². The summed E-state index contributed by atoms with van der Waals surface area (Å²) < 4.78 is 0. The molecule has 2 amide bonds. The summed E-state index contributed by atoms with van der Waals surface area (Å²) in [7, 11) is 0. The Morgan fingerprint density at radius 1 is 1.11 bits per heavy atom. The highest BCUT2D eigenvalue weighted by Crippen LogP contribution is 1.99. The van der Waals surface area contributed by atoms with Crippen LogP contribution in [0.1, 0.15) is 37.6 Å². The Bertz CT molecular complexity index is 404. The van der Waals surface area contributed by atoms with Crippen molar-refractivity contribution in [3.63, 3.8) is 0 Å². The molecule has 2 atom stereocenters. The molecule has 0 aromatic heterocycles. The zero-order valence-electron chi connectivity index (χ0n) is 11.1. The number of hydrogen-bond donors (Lipinski definition) is 2. The molecule has 4 nitrogen and oxygen atoms in total. The monoisotopic (exact) mass is 248 g/mol. The number of nitrogens with one attached hydrogen (secondary N) is 2. The average molecular weight is 248 g/mol. The Hall–Kier alpha value is -1.84. The lowest BCUT2D eigenvalue weighted by atomic mass is 10.2. The van der Waals surface area contributed by atoms with Gasteiger partial charge in [0.05, 0.1) is 0 Å². The lowest BCUT2D eigenvalue weighted by Crippen LogP contribution is -2.47. The van der Waals surface area contributed by atoms with Gasteiger partial charge in [0.2, 0.25) is 5.91 Å². The summed E-state index contributed by atoms with van der Waals surface area (Å²) in [5, 5.41) is 5.51. The summed E-state index contributed by atoms with van der Waals surface area (Å²) in [6, 6.07) is 8.44. The molecule has 2 unspecified atom stereocenters. The van der Waals surface area contributed by atoms with E-state index < -0.39 is 6.04 Å². The summed E-state index contributed by atoms with van der Waals surface area (Å²) in [6.07, 6.45) is 0.866. The SMILES string of the molecule is CCC(C)NC(=O)C(C)NC(=O)c1ccccc1. The van der Waals surface area contributed by atoms with Crippen LogP contribution < -0.4 is 10.6 Å². The third-order valence-electron chi connectivity index (χ3n) is 2.78. The normalized spacial score (nSPS) is 13.5. The fourth-order valence-corrected chi connectivity index (χ4v) is 1.40. The predicted molar refractivity (Wildman–Crippen MR) is 71.3 cm³/mol. The molecule has 0 aliphatic carbocycles. The largest absolute Gasteiger partial charge is 0.352 e. The van der Waals surface area contributed by atoms with Crippen LogP contribution in [0.4, 0.5) is 0 Å². The van der Waals surface area contributed by atoms with Crippen molar-refractivity contribution in [1.82, 2.24) is 10.6 Å². The van der Waals surface area contributed by atoms with Crippen LogP contribution in [0.15, 0.2) is 30.3 Å². The van der Waals surface area contributed by atoms with Gasteiger partial charge in [-0.3, -0.25) is 9.59 Å². The van der Waals surface area contributed by atoms with Crippen LogP contribution in [0.2, 0.25) is 0 Å². The van der Waals surface area contributed by atoms with Crippen LogP contribution in [0.25, 0.3) is 0 Å². The molecule has 0 spiro atoms. The van der Waals surface area contributed by atoms with Gasteiger partial charge < -0.3 is 10.6 Å². The Morgan fingerprint density at radius 2 is 1.72 bits per heavy atom. The molecule has 4 heteroatoms. The molecule has 18 heavy (non-hydrogen) atoms. The molecule has 0 aliphatic heterocycles. The fraction of sp³-hybridized carbons (Fsp3) is 0.429. The second-order valence-corrected chi connectivity index (χ2v) is 4.38. The van der Waals surface area contributed by atoms with Crippen molar-refractivity contribution in [2.24, 2.45) is 0 Å². The van der Waals surface area contributed by atoms with E-state index in [4.69, 9.17) is 0 Å². The highest BCUT2D eigenvalue weighted by atomic mass is 16.2. The first kappa shape index (κ1) is 14.2. The molecule has 1 aromatic rings. The highest BCUT2D eigenvalue weighted by molar-refractivity contribution is 5.97. The second-order valence-electron chi connectivity index (χ2n) is 4.38. The molecule has 0 aliphatic rings. The van der Waals surface area contributed by atoms with Crippen LogP contribution in [-0.2, 0) is 4.79 Å². The minimum atomic E-state index is -0.535. The van der Waals surface area contributed by atoms with E-state index in [-0.39, 0.29) is 17.9 Å². The van der Waals surface area contributed by atoms with Gasteiger partial charge in [-0.05, 0) is 32.4 Å². The van der Waals surface area contributed by atoms with E-state index in [2.05, 4.69) is 10.6 Å². The summed E-state index contributed by atoms with van der Waals surface area (Å²) in [5.74, 6) is -0.393. The number of benzene rings is 1. The van der Waals surface area contributed by atoms with Gasteiger partial charge in [0, 0.05) is 11.6 Å². The highest BCUT2D eigenvalue weighted by Gasteiger charge is 2.17. The van der Waals surface area contributed by atoms with Crippen molar-refractivity contribution in [2.75, 3.05) is 0 Å². The standard InChI is InChI=1S/C14H20N2O2/c1-4-10(2)15-13(17)11(3)16-14(18)12-8-6-5-7-9-12/h5-11H,4H2,1-3H3,(H,15,17)(H,16,18). The van der Waals surface area contributed by atoms with Crippen molar-refractivity contribution < 1.29 is 9.59 Å². The van der Waals surface area contributed by atoms with Crippen molar-refractivity contribution in [3.05, 3.63) is 35.9 Å². The number of carbonyl (C=O) groups is 2. The van der Waals surface area contributed by atoms with E-state index in [1.807, 2.05) is 19.9 Å². The van der Waals surface area contributed by atoms with E-state index in [1.54, 1.807) is 31.2 Å². The molecule has 0 fully saturated rings. The van der Waals surface area contributed by atoms with Crippen LogP contribution in [0.3, 0.4) is 0 Å². The van der Waals surface area contributed by atoms with Gasteiger partial charge in [0.15, 0.2) is 0 Å². The van der Waals surface area contributed by atoms with E-state index >= 15 is 0 Å². The first-order valence-electron chi connectivity index (χ1n) is 6.21. The summed E-state index contributed by atoms with van der Waals surface area (Å²) in [6.45, 7) is 5.61. The van der Waals surface area contributed by atoms with E-state index in [0.29, 0.717) is 5.56 Å². The van der Waals surface area contributed by atoms with Gasteiger partial charge in [-0.25, -0.2) is 0 Å². The zero-order chi connectivity index (χ0) is 13.5. The van der Waals surface area contributed by atoms with E-state index in [1.165, 1.54) is 0 Å². The van der Waals surface area contributed by atoms with Crippen LogP contribution in [-0.4, -0.2) is 23.9 Å². The van der Waals surface area contributed by atoms with Crippen LogP contribution >= 0.6 is 0 Å². The maximum atomic E-state index is 11.8. The molecule has 1 rings (SSSR count). The molecule has 2 N–H and O–H groups in total. The molecule has 0 bridgehead atoms. The molecular formula is C14H20N2O2. The number of carbonyl (C=O) groups excluding carboxylic acids is 2. The first-order chi connectivity index (χ1) is 8.54. The van der Waals surface area contributed by atoms with Crippen molar-refractivity contribution >= 4 is 11.8 Å². The van der Waals surface area contributed by atoms with E-state index in [9.17, 15) is 9.59 Å². The number of hydrogen-bond acceptors (Lipinski definition) is 2. The topological polar surface area (TPSA) is 58.2 Å². The Morgan fingerprint density at radius 3 is 2.28 bits per heavy atom. The lowest BCUT2D eigenvalue weighted by Gasteiger charge is -2.17. The minimum absolute atomic E-state index is 0.119. The minimum Gasteiger partial charge on any atom is -0.352 e. The second kappa shape index (κ2) is 6.79. The molecule has 1 aromatic carbocycles. The Balaban J connectivity index is 2.52. The maximum absolute atomic E-state index is 11.8. The van der Waals surface area contributed by atoms with Gasteiger partial charge in [-0.15, -0.1) is 0 Å². The van der Waals surface area contributed by atoms with Crippen molar-refractivity contribution in [2.45, 2.75) is 39.3 Å². The van der Waals surface area contributed by atoms with Gasteiger partial charge in [-0.2, -0.15) is 0 Å². The molecule has 0 heterocycles. The number of amides is 2. The maximum Gasteiger partial charge on any atom is 0.251 e. The zero-order valence-corrected chi connectivity index (χ0v) is 11.1. The van der Waals surface area contributed by atoms with Crippen molar-refractivity contribution in [3.8, 4) is 0 Å². The third kappa shape index (κ3) is 4.20. The van der Waals surface area contributed by atoms with Crippen LogP contribution in [0, 0.1) is 0 Å². The third-order valence-corrected chi connectivity index (χ3v) is 2.78. The van der Waals surface area contributed by atoms with Crippen molar-refractivity contribution in [1.29, 1.82) is 0 Å². The molecular weight excluding hydrogens is 228 g/mol. The summed E-state index contributed by atoms with van der Waals surface area (Å²) in [4.78, 5) is 23.6. The molecule has 98 valence electrons. The number of rotatable bonds is 5. The lowest BCUT2D eigenvalue weighted by molar-refractivity contribution is -0.123. The molecule has 0 saturated carbocycles. The van der Waals surface area contributed by atoms with Crippen LogP contribution in [0.5, 0.6) is 0 Å². The van der Waals surface area contributed by atoms with Gasteiger partial charge in [-0.1, -0.05) is 25.1 Å². The fourth-order valence-electron chi connectivity index (χ4n) is 1.40. The average Bonchev–Trinajstić information content (AvgIpc) is 2.39. The summed E-state index contributed by atoms with van der Waals surface area (Å²) >= 11 is 0. The molecule has 0 radical (unpaired) electrons.